The van der Waals surface area contributed by atoms with Gasteiger partial charge >= 0.3 is 0 Å². The van der Waals surface area contributed by atoms with Gasteiger partial charge in [-0.15, -0.1) is 0 Å². The molecular formula is C26H32BrNO5Si. The number of benzene rings is 2. The first-order valence-corrected chi connectivity index (χ1v) is 14.1. The molecular weight excluding hydrogens is 514 g/mol. The van der Waals surface area contributed by atoms with Crippen LogP contribution in [0.1, 0.15) is 20.8 Å². The van der Waals surface area contributed by atoms with Gasteiger partial charge in [0.25, 0.3) is 8.32 Å². The third kappa shape index (κ3) is 4.80. The number of fused-ring (bicyclic) bond motifs is 2. The summed E-state index contributed by atoms with van der Waals surface area (Å²) >= 11 is 3.37. The van der Waals surface area contributed by atoms with Crippen molar-refractivity contribution < 1.29 is 23.5 Å². The minimum atomic E-state index is -2.88. The predicted molar refractivity (Wildman–Crippen MR) is 139 cm³/mol. The van der Waals surface area contributed by atoms with Gasteiger partial charge in [-0.2, -0.15) is 0 Å². The highest BCUT2D eigenvalue weighted by atomic mass is 79.9. The molecule has 0 saturated carbocycles. The Morgan fingerprint density at radius 2 is 1.65 bits per heavy atom. The van der Waals surface area contributed by atoms with Crippen molar-refractivity contribution in [1.82, 2.24) is 0 Å². The van der Waals surface area contributed by atoms with Gasteiger partial charge in [-0.25, -0.2) is 0 Å². The van der Waals surface area contributed by atoms with Gasteiger partial charge in [0.1, 0.15) is 25.0 Å². The largest absolute Gasteiger partial charge is 0.399 e. The lowest BCUT2D eigenvalue weighted by atomic mass is 10.0. The molecule has 2 aromatic rings. The van der Waals surface area contributed by atoms with Crippen LogP contribution in [0.25, 0.3) is 0 Å². The molecule has 2 saturated heterocycles. The van der Waals surface area contributed by atoms with Crippen molar-refractivity contribution in [3.05, 3.63) is 71.7 Å². The zero-order valence-corrected chi connectivity index (χ0v) is 22.7. The van der Waals surface area contributed by atoms with Gasteiger partial charge in [0.15, 0.2) is 12.4 Å². The summed E-state index contributed by atoms with van der Waals surface area (Å²) in [5, 5.41) is 6.56. The van der Waals surface area contributed by atoms with Gasteiger partial charge in [-0.3, -0.25) is 0 Å². The van der Waals surface area contributed by atoms with Gasteiger partial charge in [0.2, 0.25) is 0 Å². The lowest BCUT2D eigenvalue weighted by Gasteiger charge is -2.47. The van der Waals surface area contributed by atoms with E-state index in [1.807, 2.05) is 12.1 Å². The molecule has 2 aliphatic heterocycles. The van der Waals surface area contributed by atoms with Crippen LogP contribution >= 0.6 is 15.9 Å². The third-order valence-electron chi connectivity index (χ3n) is 6.24. The minimum Gasteiger partial charge on any atom is -0.399 e. The van der Waals surface area contributed by atoms with Crippen molar-refractivity contribution in [1.29, 1.82) is 0 Å². The highest BCUT2D eigenvalue weighted by Crippen LogP contribution is 2.40. The molecule has 2 bridgehead atoms. The molecule has 34 heavy (non-hydrogen) atoms. The van der Waals surface area contributed by atoms with Crippen molar-refractivity contribution in [2.45, 2.75) is 50.4 Å². The van der Waals surface area contributed by atoms with E-state index < -0.39 is 26.8 Å². The second kappa shape index (κ2) is 10.4. The zero-order valence-electron chi connectivity index (χ0n) is 20.1. The monoisotopic (exact) mass is 545 g/mol. The molecule has 0 aromatic heterocycles. The minimum absolute atomic E-state index is 0.204. The van der Waals surface area contributed by atoms with Crippen LogP contribution in [-0.2, 0) is 23.5 Å². The maximum Gasteiger partial charge on any atom is 0.262 e. The highest BCUT2D eigenvalue weighted by molar-refractivity contribution is 9.11. The van der Waals surface area contributed by atoms with E-state index >= 15 is 0 Å². The topological polar surface area (TPSA) is 58.5 Å². The first-order chi connectivity index (χ1) is 16.3. The standard InChI is InChI=1S/C26H32BrNO5Si/c1-18(27)16-30-24-22(28-29-5)23(21-17-31-25(24)32-21)33-34(26(2,3)4,19-12-8-6-9-13-19)20-14-10-7-11-15-20/h6-15,21,23-25H,1,16-17H2,2-5H3/b28-22+/t21-,23-,24+,25-/m1/s1. The Hall–Kier alpha value is -1.81. The molecule has 6 nitrogen and oxygen atoms in total. The van der Waals surface area contributed by atoms with Crippen molar-refractivity contribution in [3.8, 4) is 0 Å². The second-order valence-electron chi connectivity index (χ2n) is 9.53. The van der Waals surface area contributed by atoms with E-state index in [0.29, 0.717) is 16.8 Å². The highest BCUT2D eigenvalue weighted by Gasteiger charge is 2.57. The lowest BCUT2D eigenvalue weighted by Crippen LogP contribution is -2.70. The first-order valence-electron chi connectivity index (χ1n) is 11.4. The number of nitrogens with zero attached hydrogens (tertiary/aromatic N) is 1. The van der Waals surface area contributed by atoms with Gasteiger partial charge in [-0.05, 0) is 15.4 Å². The van der Waals surface area contributed by atoms with Crippen LogP contribution in [0.2, 0.25) is 5.04 Å². The molecule has 0 unspecified atom stereocenters. The Balaban J connectivity index is 1.85. The van der Waals surface area contributed by atoms with E-state index in [4.69, 9.17) is 23.5 Å². The summed E-state index contributed by atoms with van der Waals surface area (Å²) in [4.78, 5) is 5.28. The van der Waals surface area contributed by atoms with Crippen LogP contribution in [0.15, 0.2) is 76.9 Å². The molecule has 4 atom stereocenters. The molecule has 2 aromatic carbocycles. The molecule has 0 amide bonds. The molecule has 8 heteroatoms. The van der Waals surface area contributed by atoms with E-state index in [1.54, 1.807) is 0 Å². The number of ether oxygens (including phenoxy) is 3. The first kappa shape index (κ1) is 25.3. The Labute approximate surface area is 211 Å². The number of hydrogen-bond acceptors (Lipinski definition) is 6. The Morgan fingerprint density at radius 3 is 2.15 bits per heavy atom. The van der Waals surface area contributed by atoms with Crippen molar-refractivity contribution in [3.63, 3.8) is 0 Å². The Morgan fingerprint density at radius 1 is 1.06 bits per heavy atom. The van der Waals surface area contributed by atoms with E-state index in [9.17, 15) is 0 Å². The van der Waals surface area contributed by atoms with E-state index in [0.717, 1.165) is 0 Å². The smallest absolute Gasteiger partial charge is 0.262 e. The van der Waals surface area contributed by atoms with Gasteiger partial charge < -0.3 is 23.5 Å². The molecule has 2 fully saturated rings. The van der Waals surface area contributed by atoms with Crippen LogP contribution in [0.3, 0.4) is 0 Å². The van der Waals surface area contributed by atoms with Gasteiger partial charge in [-0.1, -0.05) is 109 Å². The lowest BCUT2D eigenvalue weighted by molar-refractivity contribution is -0.147. The molecule has 182 valence electrons. The molecule has 0 spiro atoms. The fraction of sp³-hybridized carbons (Fsp3) is 0.423. The van der Waals surface area contributed by atoms with Crippen molar-refractivity contribution in [2.75, 3.05) is 20.3 Å². The summed E-state index contributed by atoms with van der Waals surface area (Å²) in [5.41, 5.74) is 0.642. The van der Waals surface area contributed by atoms with Crippen LogP contribution in [0, 0.1) is 0 Å². The maximum atomic E-state index is 7.36. The average Bonchev–Trinajstić information content (AvgIpc) is 3.24. The Kier molecular flexibility index (Phi) is 7.76. The van der Waals surface area contributed by atoms with Crippen LogP contribution in [0.5, 0.6) is 0 Å². The normalized spacial score (nSPS) is 26.0. The number of hydrogen-bond donors (Lipinski definition) is 0. The number of rotatable bonds is 8. The fourth-order valence-electron chi connectivity index (χ4n) is 4.82. The number of halogens is 1. The summed E-state index contributed by atoms with van der Waals surface area (Å²) in [6.07, 6.45) is -1.95. The van der Waals surface area contributed by atoms with Crippen molar-refractivity contribution in [2.24, 2.45) is 5.16 Å². The maximum absolute atomic E-state index is 7.36. The quantitative estimate of drug-likeness (QED) is 0.371. The molecule has 2 heterocycles. The molecule has 4 rings (SSSR count). The van der Waals surface area contributed by atoms with Crippen LogP contribution in [-0.4, -0.2) is 59.0 Å². The molecule has 0 N–H and O–H groups in total. The molecule has 2 aliphatic rings. The van der Waals surface area contributed by atoms with Crippen LogP contribution < -0.4 is 10.4 Å². The van der Waals surface area contributed by atoms with E-state index in [2.05, 4.69) is 97.0 Å². The summed E-state index contributed by atoms with van der Waals surface area (Å²) < 4.78 is 26.4. The summed E-state index contributed by atoms with van der Waals surface area (Å²) in [5.74, 6) is 0. The van der Waals surface area contributed by atoms with Gasteiger partial charge in [0, 0.05) is 4.48 Å². The SMILES string of the molecule is C=C(Br)CO[C@H]1/C(=N/OC)[C@H](O[Si](c2ccccc2)(c2ccccc2)C(C)(C)C)[C@H]2CO[C@@H]1O2. The second-order valence-corrected chi connectivity index (χ2v) is 14.9. The van der Waals surface area contributed by atoms with Crippen LogP contribution in [0.4, 0.5) is 0 Å². The molecule has 0 radical (unpaired) electrons. The zero-order chi connectivity index (χ0) is 24.3. The van der Waals surface area contributed by atoms with Gasteiger partial charge in [0.05, 0.1) is 13.2 Å². The summed E-state index contributed by atoms with van der Waals surface area (Å²) in [6, 6.07) is 21.0. The third-order valence-corrected chi connectivity index (χ3v) is 11.5. The molecule has 0 aliphatic carbocycles. The summed E-state index contributed by atoms with van der Waals surface area (Å²) in [6.45, 7) is 11.3. The van der Waals surface area contributed by atoms with E-state index in [-0.39, 0.29) is 17.7 Å². The van der Waals surface area contributed by atoms with E-state index in [1.165, 1.54) is 17.5 Å². The number of oxime groups is 1. The Bertz CT molecular complexity index is 971. The average molecular weight is 547 g/mol. The fourth-order valence-corrected chi connectivity index (χ4v) is 9.62. The predicted octanol–water partition coefficient (Wildman–Crippen LogP) is 3.98. The van der Waals surface area contributed by atoms with Crippen molar-refractivity contribution >= 4 is 40.3 Å². The summed E-state index contributed by atoms with van der Waals surface area (Å²) in [7, 11) is -1.34.